The summed E-state index contributed by atoms with van der Waals surface area (Å²) in [5.74, 6) is 1.40. The normalized spacial score (nSPS) is 14.8. The average molecular weight is 444 g/mol. The number of rotatable bonds is 7. The third kappa shape index (κ3) is 5.62. The molecule has 2 aromatic heterocycles. The molecule has 3 heterocycles. The Morgan fingerprint density at radius 2 is 1.93 bits per heavy atom. The van der Waals surface area contributed by atoms with Gasteiger partial charge in [-0.1, -0.05) is 23.9 Å². The summed E-state index contributed by atoms with van der Waals surface area (Å²) in [5.41, 5.74) is 1.16. The minimum absolute atomic E-state index is 0.273. The Labute approximate surface area is 184 Å². The molecule has 9 heteroatoms. The summed E-state index contributed by atoms with van der Waals surface area (Å²) in [6.45, 7) is 4.09. The average Bonchev–Trinajstić information content (AvgIpc) is 3.44. The summed E-state index contributed by atoms with van der Waals surface area (Å²) < 4.78 is 7.57. The highest BCUT2D eigenvalue weighted by Gasteiger charge is 2.22. The standard InChI is InChI=1S/C21H25N5O2S2/c1-24-10-7-23-20(24)30-16-17-2-4-18(5-3-17)28-21(27)26-13-11-25(12-14-26)9-6-19-22-8-15-29-19/h2-5,7-8,10,15H,6,9,11-14,16H2,1H3. The molecule has 1 amide bonds. The maximum atomic E-state index is 12.5. The van der Waals surface area contributed by atoms with Crippen molar-refractivity contribution in [3.05, 3.63) is 58.8 Å². The SMILES string of the molecule is Cn1ccnc1SCc1ccc(OC(=O)N2CCN(CCc3nccs3)CC2)cc1. The lowest BCUT2D eigenvalue weighted by atomic mass is 10.2. The highest BCUT2D eigenvalue weighted by Crippen LogP contribution is 2.22. The van der Waals surface area contributed by atoms with E-state index in [0.717, 1.165) is 42.5 Å². The van der Waals surface area contributed by atoms with Crippen LogP contribution in [-0.2, 0) is 19.2 Å². The Morgan fingerprint density at radius 3 is 2.60 bits per heavy atom. The van der Waals surface area contributed by atoms with Crippen molar-refractivity contribution in [2.45, 2.75) is 17.3 Å². The lowest BCUT2D eigenvalue weighted by Gasteiger charge is -2.33. The molecule has 0 N–H and O–H groups in total. The van der Waals surface area contributed by atoms with E-state index >= 15 is 0 Å². The van der Waals surface area contributed by atoms with E-state index in [4.69, 9.17) is 4.74 Å². The Bertz CT molecular complexity index is 935. The summed E-state index contributed by atoms with van der Waals surface area (Å²) in [5, 5.41) is 4.16. The van der Waals surface area contributed by atoms with Gasteiger partial charge in [-0.3, -0.25) is 4.90 Å². The summed E-state index contributed by atoms with van der Waals surface area (Å²) in [6, 6.07) is 7.71. The molecule has 1 saturated heterocycles. The zero-order valence-corrected chi connectivity index (χ0v) is 18.6. The van der Waals surface area contributed by atoms with Gasteiger partial charge in [0.05, 0.1) is 5.01 Å². The van der Waals surface area contributed by atoms with Crippen LogP contribution in [0.25, 0.3) is 0 Å². The van der Waals surface area contributed by atoms with Crippen LogP contribution in [0, 0.1) is 0 Å². The number of ether oxygens (including phenoxy) is 1. The third-order valence-electron chi connectivity index (χ3n) is 5.03. The molecule has 1 aliphatic rings. The second-order valence-corrected chi connectivity index (χ2v) is 9.05. The molecule has 0 radical (unpaired) electrons. The monoisotopic (exact) mass is 443 g/mol. The van der Waals surface area contributed by atoms with Gasteiger partial charge in [-0.05, 0) is 17.7 Å². The van der Waals surface area contributed by atoms with E-state index in [1.807, 2.05) is 53.7 Å². The van der Waals surface area contributed by atoms with Crippen LogP contribution in [0.3, 0.4) is 0 Å². The minimum Gasteiger partial charge on any atom is -0.410 e. The van der Waals surface area contributed by atoms with Crippen molar-refractivity contribution >= 4 is 29.2 Å². The van der Waals surface area contributed by atoms with Crippen LogP contribution < -0.4 is 4.74 Å². The number of hydrogen-bond acceptors (Lipinski definition) is 7. The third-order valence-corrected chi connectivity index (χ3v) is 7.00. The summed E-state index contributed by atoms with van der Waals surface area (Å²) in [7, 11) is 1.98. The quantitative estimate of drug-likeness (QED) is 0.521. The largest absolute Gasteiger partial charge is 0.415 e. The number of carbonyl (C=O) groups is 1. The Morgan fingerprint density at radius 1 is 1.13 bits per heavy atom. The first-order chi connectivity index (χ1) is 14.7. The summed E-state index contributed by atoms with van der Waals surface area (Å²) in [4.78, 5) is 25.3. The molecule has 4 rings (SSSR count). The molecule has 158 valence electrons. The number of benzene rings is 1. The van der Waals surface area contributed by atoms with Crippen molar-refractivity contribution in [3.63, 3.8) is 0 Å². The molecule has 1 fully saturated rings. The van der Waals surface area contributed by atoms with E-state index in [0.29, 0.717) is 18.8 Å². The molecule has 1 aromatic carbocycles. The lowest BCUT2D eigenvalue weighted by molar-refractivity contribution is 0.111. The lowest BCUT2D eigenvalue weighted by Crippen LogP contribution is -2.49. The van der Waals surface area contributed by atoms with Crippen LogP contribution >= 0.6 is 23.1 Å². The van der Waals surface area contributed by atoms with Gasteiger partial charge in [0.1, 0.15) is 5.75 Å². The topological polar surface area (TPSA) is 63.5 Å². The second kappa shape index (κ2) is 10.1. The van der Waals surface area contributed by atoms with Gasteiger partial charge in [-0.25, -0.2) is 14.8 Å². The molecule has 0 aliphatic carbocycles. The molecular weight excluding hydrogens is 418 g/mol. The number of thiazole rings is 1. The maximum Gasteiger partial charge on any atom is 0.415 e. The molecule has 0 unspecified atom stereocenters. The van der Waals surface area contributed by atoms with E-state index < -0.39 is 0 Å². The van der Waals surface area contributed by atoms with Crippen molar-refractivity contribution in [3.8, 4) is 5.75 Å². The molecular formula is C21H25N5O2S2. The molecule has 0 bridgehead atoms. The number of nitrogens with zero attached hydrogens (tertiary/aromatic N) is 5. The van der Waals surface area contributed by atoms with Gasteiger partial charge in [0, 0.05) is 75.9 Å². The van der Waals surface area contributed by atoms with Crippen molar-refractivity contribution in [1.29, 1.82) is 0 Å². The first kappa shape index (κ1) is 20.9. The number of thioether (sulfide) groups is 1. The Hall–Kier alpha value is -2.36. The maximum absolute atomic E-state index is 12.5. The van der Waals surface area contributed by atoms with Gasteiger partial charge in [-0.2, -0.15) is 0 Å². The van der Waals surface area contributed by atoms with Gasteiger partial charge in [0.2, 0.25) is 0 Å². The van der Waals surface area contributed by atoms with E-state index in [1.54, 1.807) is 34.2 Å². The van der Waals surface area contributed by atoms with Crippen LogP contribution in [0.1, 0.15) is 10.6 Å². The van der Waals surface area contributed by atoms with E-state index in [9.17, 15) is 4.79 Å². The Balaban J connectivity index is 1.20. The van der Waals surface area contributed by atoms with Crippen LogP contribution in [0.4, 0.5) is 4.79 Å². The first-order valence-electron chi connectivity index (χ1n) is 9.94. The van der Waals surface area contributed by atoms with Crippen molar-refractivity contribution in [2.24, 2.45) is 7.05 Å². The van der Waals surface area contributed by atoms with Crippen molar-refractivity contribution in [2.75, 3.05) is 32.7 Å². The van der Waals surface area contributed by atoms with Crippen LogP contribution in [0.15, 0.2) is 53.4 Å². The molecule has 0 saturated carbocycles. The number of piperazine rings is 1. The molecule has 0 spiro atoms. The zero-order valence-electron chi connectivity index (χ0n) is 16.9. The van der Waals surface area contributed by atoms with Gasteiger partial charge < -0.3 is 14.2 Å². The molecule has 30 heavy (non-hydrogen) atoms. The zero-order chi connectivity index (χ0) is 20.8. The Kier molecular flexibility index (Phi) is 7.03. The number of aryl methyl sites for hydroxylation is 1. The molecule has 1 aliphatic heterocycles. The second-order valence-electron chi connectivity index (χ2n) is 7.13. The number of aromatic nitrogens is 3. The molecule has 3 aromatic rings. The van der Waals surface area contributed by atoms with Gasteiger partial charge in [-0.15, -0.1) is 11.3 Å². The van der Waals surface area contributed by atoms with Crippen LogP contribution in [0.5, 0.6) is 5.75 Å². The van der Waals surface area contributed by atoms with E-state index in [2.05, 4.69) is 14.9 Å². The van der Waals surface area contributed by atoms with Crippen molar-refractivity contribution < 1.29 is 9.53 Å². The highest BCUT2D eigenvalue weighted by atomic mass is 32.2. The molecule has 0 atom stereocenters. The predicted octanol–water partition coefficient (Wildman–Crippen LogP) is 3.53. The van der Waals surface area contributed by atoms with E-state index in [1.165, 1.54) is 5.01 Å². The van der Waals surface area contributed by atoms with Gasteiger partial charge >= 0.3 is 6.09 Å². The fourth-order valence-corrected chi connectivity index (χ4v) is 4.74. The van der Waals surface area contributed by atoms with E-state index in [-0.39, 0.29) is 6.09 Å². The van der Waals surface area contributed by atoms with Crippen molar-refractivity contribution in [1.82, 2.24) is 24.3 Å². The number of hydrogen-bond donors (Lipinski definition) is 0. The van der Waals surface area contributed by atoms with Crippen LogP contribution in [0.2, 0.25) is 0 Å². The number of amides is 1. The number of imidazole rings is 1. The highest BCUT2D eigenvalue weighted by molar-refractivity contribution is 7.98. The van der Waals surface area contributed by atoms with Crippen LogP contribution in [-0.4, -0.2) is 63.2 Å². The van der Waals surface area contributed by atoms with Gasteiger partial charge in [0.15, 0.2) is 5.16 Å². The minimum atomic E-state index is -0.273. The van der Waals surface area contributed by atoms with Gasteiger partial charge in [0.25, 0.3) is 0 Å². The predicted molar refractivity (Wildman–Crippen MR) is 119 cm³/mol. The molecule has 7 nitrogen and oxygen atoms in total. The smallest absolute Gasteiger partial charge is 0.410 e. The number of carbonyl (C=O) groups excluding carboxylic acids is 1. The fourth-order valence-electron chi connectivity index (χ4n) is 3.24. The fraction of sp³-hybridized carbons (Fsp3) is 0.381. The summed E-state index contributed by atoms with van der Waals surface area (Å²) >= 11 is 3.37. The first-order valence-corrected chi connectivity index (χ1v) is 11.8. The summed E-state index contributed by atoms with van der Waals surface area (Å²) in [6.07, 6.45) is 6.27.